The number of rotatable bonds is 6. The Morgan fingerprint density at radius 3 is 2.69 bits per heavy atom. The van der Waals surface area contributed by atoms with Gasteiger partial charge in [0.15, 0.2) is 6.54 Å². The number of nitrogens with two attached hydrogens (primary N) is 1. The van der Waals surface area contributed by atoms with Gasteiger partial charge in [-0.05, 0) is 31.5 Å². The van der Waals surface area contributed by atoms with Crippen LogP contribution in [0.25, 0.3) is 0 Å². The van der Waals surface area contributed by atoms with Gasteiger partial charge < -0.3 is 10.6 Å². The summed E-state index contributed by atoms with van der Waals surface area (Å²) in [5, 5.41) is 15.5. The Labute approximate surface area is 159 Å². The van der Waals surface area contributed by atoms with Crippen LogP contribution in [0.15, 0.2) is 30.3 Å². The Hall–Kier alpha value is -2.22. The van der Waals surface area contributed by atoms with Crippen LogP contribution < -0.4 is 10.6 Å². The van der Waals surface area contributed by atoms with E-state index in [1.807, 2.05) is 0 Å². The fraction of sp³-hybridized carbons (Fsp3) is 0.235. The van der Waals surface area contributed by atoms with Crippen molar-refractivity contribution in [1.82, 2.24) is 0 Å². The molecule has 0 aliphatic carbocycles. The normalized spacial score (nSPS) is 11.9. The predicted octanol–water partition coefficient (Wildman–Crippen LogP) is 3.61. The van der Waals surface area contributed by atoms with Crippen molar-refractivity contribution in [2.75, 3.05) is 11.9 Å². The summed E-state index contributed by atoms with van der Waals surface area (Å²) in [7, 11) is 0. The van der Waals surface area contributed by atoms with Gasteiger partial charge in [0.25, 0.3) is 11.6 Å². The average molecular weight is 401 g/mol. The van der Waals surface area contributed by atoms with E-state index in [1.165, 1.54) is 18.2 Å². The summed E-state index contributed by atoms with van der Waals surface area (Å²) in [6, 6.07) is 6.78. The molecule has 2 rings (SSSR count). The van der Waals surface area contributed by atoms with E-state index in [-0.39, 0.29) is 29.0 Å². The van der Waals surface area contributed by atoms with Crippen molar-refractivity contribution >= 4 is 40.5 Å². The number of anilines is 1. The summed E-state index contributed by atoms with van der Waals surface area (Å²) in [4.78, 5) is 22.7. The van der Waals surface area contributed by atoms with Gasteiger partial charge in [0, 0.05) is 11.6 Å². The maximum atomic E-state index is 13.6. The zero-order chi connectivity index (χ0) is 19.4. The second-order valence-corrected chi connectivity index (χ2v) is 6.61. The predicted molar refractivity (Wildman–Crippen MR) is 98.1 cm³/mol. The van der Waals surface area contributed by atoms with Crippen molar-refractivity contribution in [1.29, 1.82) is 0 Å². The van der Waals surface area contributed by atoms with E-state index in [0.29, 0.717) is 16.1 Å². The van der Waals surface area contributed by atoms with Gasteiger partial charge in [-0.15, -0.1) is 0 Å². The van der Waals surface area contributed by atoms with E-state index in [1.54, 1.807) is 31.3 Å². The van der Waals surface area contributed by atoms with Crippen LogP contribution in [-0.2, 0) is 4.79 Å². The van der Waals surface area contributed by atoms with Crippen molar-refractivity contribution < 1.29 is 19.4 Å². The molecule has 0 fully saturated rings. The van der Waals surface area contributed by atoms with Crippen LogP contribution in [0.2, 0.25) is 10.0 Å². The minimum atomic E-state index is -0.591. The molecule has 0 aliphatic heterocycles. The Morgan fingerprint density at radius 1 is 1.35 bits per heavy atom. The molecule has 0 aliphatic rings. The summed E-state index contributed by atoms with van der Waals surface area (Å²) in [5.41, 5.74) is 1.08. The topological polar surface area (TPSA) is 88.9 Å². The van der Waals surface area contributed by atoms with Crippen LogP contribution >= 0.6 is 23.2 Å². The molecule has 0 heterocycles. The number of nitrogens with zero attached hydrogens (tertiary/aromatic N) is 1. The van der Waals surface area contributed by atoms with E-state index in [4.69, 9.17) is 23.2 Å². The summed E-state index contributed by atoms with van der Waals surface area (Å²) in [6.07, 6.45) is 0. The molecule has 0 spiro atoms. The zero-order valence-electron chi connectivity index (χ0n) is 14.1. The number of nitro groups is 1. The number of aryl methyl sites for hydroxylation is 1. The SMILES string of the molecule is Cc1cccc([N+](=O)[O-])c1NC(=O)C[NH2+][C@H](C)c1cc(F)c(Cl)cc1Cl. The number of benzene rings is 2. The van der Waals surface area contributed by atoms with Gasteiger partial charge in [0.05, 0.1) is 15.0 Å². The summed E-state index contributed by atoms with van der Waals surface area (Å²) in [6.45, 7) is 3.41. The molecular formula is C17H17Cl2FN3O3+. The molecule has 0 saturated carbocycles. The third-order valence-corrected chi connectivity index (χ3v) is 4.52. The second-order valence-electron chi connectivity index (χ2n) is 5.79. The maximum Gasteiger partial charge on any atom is 0.293 e. The third kappa shape index (κ3) is 4.69. The lowest BCUT2D eigenvalue weighted by Gasteiger charge is -2.14. The van der Waals surface area contributed by atoms with Crippen molar-refractivity contribution in [3.63, 3.8) is 0 Å². The van der Waals surface area contributed by atoms with Crippen molar-refractivity contribution in [2.24, 2.45) is 0 Å². The van der Waals surface area contributed by atoms with Crippen molar-refractivity contribution in [2.45, 2.75) is 19.9 Å². The Morgan fingerprint density at radius 2 is 2.04 bits per heavy atom. The molecule has 0 unspecified atom stereocenters. The number of para-hydroxylation sites is 1. The number of nitro benzene ring substituents is 1. The number of nitrogens with one attached hydrogen (secondary N) is 1. The summed E-state index contributed by atoms with van der Waals surface area (Å²) < 4.78 is 13.6. The molecule has 26 heavy (non-hydrogen) atoms. The van der Waals surface area contributed by atoms with E-state index in [9.17, 15) is 19.3 Å². The first kappa shape index (κ1) is 20.1. The van der Waals surface area contributed by atoms with Crippen LogP contribution in [0.3, 0.4) is 0 Å². The minimum absolute atomic E-state index is 0.0206. The molecule has 9 heteroatoms. The van der Waals surface area contributed by atoms with Crippen molar-refractivity contribution in [3.05, 3.63) is 67.4 Å². The number of hydrogen-bond acceptors (Lipinski definition) is 3. The number of carbonyl (C=O) groups excluding carboxylic acids is 1. The molecule has 138 valence electrons. The first-order chi connectivity index (χ1) is 12.2. The third-order valence-electron chi connectivity index (χ3n) is 3.90. The maximum absolute atomic E-state index is 13.6. The number of carbonyl (C=O) groups is 1. The van der Waals surface area contributed by atoms with Crippen LogP contribution in [0, 0.1) is 22.9 Å². The van der Waals surface area contributed by atoms with Crippen LogP contribution in [0.5, 0.6) is 0 Å². The molecule has 1 amide bonds. The first-order valence-electron chi connectivity index (χ1n) is 7.72. The van der Waals surface area contributed by atoms with Gasteiger partial charge in [-0.3, -0.25) is 14.9 Å². The van der Waals surface area contributed by atoms with E-state index >= 15 is 0 Å². The van der Waals surface area contributed by atoms with Gasteiger partial charge in [0.1, 0.15) is 17.5 Å². The molecule has 2 aromatic rings. The average Bonchev–Trinajstić information content (AvgIpc) is 2.57. The Balaban J connectivity index is 2.06. The van der Waals surface area contributed by atoms with E-state index in [0.717, 1.165) is 0 Å². The lowest BCUT2D eigenvalue weighted by molar-refractivity contribution is -0.682. The largest absolute Gasteiger partial charge is 0.332 e. The van der Waals surface area contributed by atoms with Gasteiger partial charge in [0.2, 0.25) is 0 Å². The summed E-state index contributed by atoms with van der Waals surface area (Å²) >= 11 is 11.7. The molecule has 0 saturated heterocycles. The molecule has 0 bridgehead atoms. The van der Waals surface area contributed by atoms with Crippen LogP contribution in [-0.4, -0.2) is 17.4 Å². The van der Waals surface area contributed by atoms with Crippen molar-refractivity contribution in [3.8, 4) is 0 Å². The zero-order valence-corrected chi connectivity index (χ0v) is 15.6. The lowest BCUT2D eigenvalue weighted by atomic mass is 10.1. The highest BCUT2D eigenvalue weighted by Gasteiger charge is 2.20. The molecule has 0 radical (unpaired) electrons. The standard InChI is InChI=1S/C17H16Cl2FN3O3/c1-9-4-3-5-15(23(25)26)17(9)22-16(24)8-21-10(2)11-6-14(20)13(19)7-12(11)18/h3-7,10,21H,8H2,1-2H3,(H,22,24)/p+1/t10-/m1/s1. The van der Waals surface area contributed by atoms with Gasteiger partial charge in [-0.1, -0.05) is 35.3 Å². The Kier molecular flexibility index (Phi) is 6.52. The molecule has 2 aromatic carbocycles. The Bertz CT molecular complexity index is 861. The summed E-state index contributed by atoms with van der Waals surface area (Å²) in [5.74, 6) is -1.01. The monoisotopic (exact) mass is 400 g/mol. The second kappa shape index (κ2) is 8.44. The first-order valence-corrected chi connectivity index (χ1v) is 8.48. The number of quaternary nitrogens is 1. The van der Waals surface area contributed by atoms with E-state index < -0.39 is 16.6 Å². The number of hydrogen-bond donors (Lipinski definition) is 2. The minimum Gasteiger partial charge on any atom is -0.332 e. The molecule has 1 atom stereocenters. The fourth-order valence-electron chi connectivity index (χ4n) is 2.46. The highest BCUT2D eigenvalue weighted by atomic mass is 35.5. The molecule has 6 nitrogen and oxygen atoms in total. The van der Waals surface area contributed by atoms with E-state index in [2.05, 4.69) is 5.32 Å². The molecular weight excluding hydrogens is 384 g/mol. The smallest absolute Gasteiger partial charge is 0.293 e. The highest BCUT2D eigenvalue weighted by Crippen LogP contribution is 2.28. The number of halogens is 3. The van der Waals surface area contributed by atoms with Crippen LogP contribution in [0.1, 0.15) is 24.1 Å². The molecule has 3 N–H and O–H groups in total. The van der Waals surface area contributed by atoms with Gasteiger partial charge >= 0.3 is 0 Å². The fourth-order valence-corrected chi connectivity index (χ4v) is 3.01. The van der Waals surface area contributed by atoms with Gasteiger partial charge in [-0.2, -0.15) is 0 Å². The number of amides is 1. The lowest BCUT2D eigenvalue weighted by Crippen LogP contribution is -2.86. The molecule has 0 aromatic heterocycles. The van der Waals surface area contributed by atoms with Crippen LogP contribution in [0.4, 0.5) is 15.8 Å². The van der Waals surface area contributed by atoms with Gasteiger partial charge in [-0.25, -0.2) is 4.39 Å². The quantitative estimate of drug-likeness (QED) is 0.440. The highest BCUT2D eigenvalue weighted by molar-refractivity contribution is 6.35.